The zero-order valence-corrected chi connectivity index (χ0v) is 3.10. The van der Waals surface area contributed by atoms with Gasteiger partial charge in [0, 0.05) is 0 Å². The Kier molecular flexibility index (Phi) is 2.14. The second kappa shape index (κ2) is 2.18. The fourth-order valence-corrected chi connectivity index (χ4v) is 0. The minimum atomic E-state index is -0.921. The van der Waals surface area contributed by atoms with Crippen molar-refractivity contribution in [1.82, 2.24) is 0 Å². The van der Waals surface area contributed by atoms with E-state index < -0.39 is 12.7 Å². The van der Waals surface area contributed by atoms with Crippen molar-refractivity contribution in [3.05, 3.63) is 0 Å². The van der Waals surface area contributed by atoms with E-state index in [0.29, 0.717) is 0 Å². The van der Waals surface area contributed by atoms with Gasteiger partial charge in [-0.2, -0.15) is 0 Å². The highest BCUT2D eigenvalue weighted by Gasteiger charge is 1.88. The zero-order chi connectivity index (χ0) is 4.28. The van der Waals surface area contributed by atoms with Gasteiger partial charge in [0.05, 0.1) is 0 Å². The molecule has 0 aliphatic heterocycles. The zero-order valence-electron chi connectivity index (χ0n) is 3.10. The van der Waals surface area contributed by atoms with Crippen LogP contribution in [0.1, 0.15) is 6.92 Å². The molecule has 0 amide bonds. The van der Waals surface area contributed by atoms with E-state index in [1.54, 1.807) is 0 Å². The molecule has 0 heterocycles. The lowest BCUT2D eigenvalue weighted by atomic mass is 10.5. The van der Waals surface area contributed by atoms with Crippen LogP contribution >= 0.6 is 0 Å². The summed E-state index contributed by atoms with van der Waals surface area (Å²) in [7, 11) is 0. The first-order chi connectivity index (χ1) is 2.27. The fraction of sp³-hybridized carbons (Fsp3) is 1.00. The molecule has 1 unspecified atom stereocenters. The van der Waals surface area contributed by atoms with E-state index in [9.17, 15) is 10.2 Å². The van der Waals surface area contributed by atoms with Crippen molar-refractivity contribution >= 4 is 0 Å². The molecule has 2 nitrogen and oxygen atoms in total. The summed E-state index contributed by atoms with van der Waals surface area (Å²) in [5.74, 6) is 0. The molecule has 0 N–H and O–H groups in total. The largest absolute Gasteiger partial charge is 0.234 e. The van der Waals surface area contributed by atoms with Gasteiger partial charge >= 0.3 is 0 Å². The van der Waals surface area contributed by atoms with Crippen molar-refractivity contribution in [3.63, 3.8) is 0 Å². The molecule has 0 fully saturated rings. The second-order valence-corrected chi connectivity index (χ2v) is 0.977. The van der Waals surface area contributed by atoms with Gasteiger partial charge in [0.1, 0.15) is 12.7 Å². The van der Waals surface area contributed by atoms with E-state index in [4.69, 9.17) is 0 Å². The number of hydrogen-bond acceptors (Lipinski definition) is 0. The SMILES string of the molecule is CC([O])C[O]. The third kappa shape index (κ3) is 3.92. The van der Waals surface area contributed by atoms with Gasteiger partial charge < -0.3 is 0 Å². The Morgan fingerprint density at radius 2 is 2.00 bits per heavy atom. The molecule has 0 spiro atoms. The van der Waals surface area contributed by atoms with Crippen molar-refractivity contribution in [3.8, 4) is 0 Å². The van der Waals surface area contributed by atoms with Gasteiger partial charge in [0.15, 0.2) is 0 Å². The summed E-state index contributed by atoms with van der Waals surface area (Å²) in [6.07, 6.45) is -0.921. The van der Waals surface area contributed by atoms with Crippen molar-refractivity contribution in [2.45, 2.75) is 13.0 Å². The predicted octanol–water partition coefficient (Wildman–Crippen LogP) is 0.236. The van der Waals surface area contributed by atoms with E-state index in [1.165, 1.54) is 6.92 Å². The molecule has 0 aromatic carbocycles. The molecule has 0 saturated carbocycles. The van der Waals surface area contributed by atoms with Gasteiger partial charge in [-0.05, 0) is 6.92 Å². The summed E-state index contributed by atoms with van der Waals surface area (Å²) < 4.78 is 0. The average molecular weight is 74.1 g/mol. The second-order valence-electron chi connectivity index (χ2n) is 0.977. The molecule has 0 aromatic rings. The molecule has 0 aromatic heterocycles. The lowest BCUT2D eigenvalue weighted by Gasteiger charge is -1.83. The van der Waals surface area contributed by atoms with Crippen LogP contribution in [-0.2, 0) is 10.2 Å². The number of rotatable bonds is 1. The monoisotopic (exact) mass is 74.0 g/mol. The van der Waals surface area contributed by atoms with Gasteiger partial charge in [-0.3, -0.25) is 0 Å². The maximum Gasteiger partial charge on any atom is 0.117 e. The molecule has 2 radical (unpaired) electrons. The molecule has 0 aliphatic carbocycles. The molecule has 0 rings (SSSR count). The van der Waals surface area contributed by atoms with Gasteiger partial charge in [0.2, 0.25) is 0 Å². The minimum Gasteiger partial charge on any atom is -0.234 e. The Morgan fingerprint density at radius 3 is 2.00 bits per heavy atom. The molecule has 5 heavy (non-hydrogen) atoms. The molecular formula is C3H6O2. The Labute approximate surface area is 31.1 Å². The Balaban J connectivity index is 2.54. The summed E-state index contributed by atoms with van der Waals surface area (Å²) in [5, 5.41) is 18.9. The van der Waals surface area contributed by atoms with Crippen molar-refractivity contribution in [2.75, 3.05) is 6.61 Å². The molecule has 0 aliphatic rings. The van der Waals surface area contributed by atoms with Gasteiger partial charge in [-0.25, -0.2) is 10.2 Å². The van der Waals surface area contributed by atoms with Crippen LogP contribution in [0.5, 0.6) is 0 Å². The predicted molar refractivity (Wildman–Crippen MR) is 15.7 cm³/mol. The van der Waals surface area contributed by atoms with Gasteiger partial charge in [0.25, 0.3) is 0 Å². The molecule has 30 valence electrons. The summed E-state index contributed by atoms with van der Waals surface area (Å²) in [6, 6.07) is 0. The Hall–Kier alpha value is -0.0800. The third-order valence-electron chi connectivity index (χ3n) is 0.235. The first-order valence-corrected chi connectivity index (χ1v) is 1.51. The lowest BCUT2D eigenvalue weighted by molar-refractivity contribution is 0.0198. The van der Waals surface area contributed by atoms with Crippen LogP contribution in [-0.4, -0.2) is 12.7 Å². The summed E-state index contributed by atoms with van der Waals surface area (Å²) in [5.41, 5.74) is 0. The average Bonchev–Trinajstić information content (AvgIpc) is 1.38. The van der Waals surface area contributed by atoms with E-state index in [1.807, 2.05) is 0 Å². The highest BCUT2D eigenvalue weighted by atomic mass is 16.3. The van der Waals surface area contributed by atoms with Gasteiger partial charge in [-0.15, -0.1) is 0 Å². The first-order valence-electron chi connectivity index (χ1n) is 1.51. The van der Waals surface area contributed by atoms with Crippen LogP contribution in [0.2, 0.25) is 0 Å². The smallest absolute Gasteiger partial charge is 0.117 e. The maximum atomic E-state index is 9.58. The lowest BCUT2D eigenvalue weighted by Crippen LogP contribution is -2.00. The molecule has 1 atom stereocenters. The van der Waals surface area contributed by atoms with Crippen LogP contribution < -0.4 is 0 Å². The van der Waals surface area contributed by atoms with E-state index in [-0.39, 0.29) is 0 Å². The van der Waals surface area contributed by atoms with Gasteiger partial charge in [-0.1, -0.05) is 0 Å². The highest BCUT2D eigenvalue weighted by Crippen LogP contribution is 1.71. The van der Waals surface area contributed by atoms with Crippen molar-refractivity contribution in [1.29, 1.82) is 0 Å². The van der Waals surface area contributed by atoms with Crippen LogP contribution in [0.15, 0.2) is 0 Å². The molecule has 0 bridgehead atoms. The minimum absolute atomic E-state index is 0.500. The summed E-state index contributed by atoms with van der Waals surface area (Å²) in [4.78, 5) is 0. The first kappa shape index (κ1) is 4.92. The quantitative estimate of drug-likeness (QED) is 0.427. The molecule has 0 saturated heterocycles. The topological polar surface area (TPSA) is 39.8 Å². The molecular weight excluding hydrogens is 68.0 g/mol. The van der Waals surface area contributed by atoms with Crippen molar-refractivity contribution in [2.24, 2.45) is 0 Å². The van der Waals surface area contributed by atoms with Crippen LogP contribution in [0, 0.1) is 0 Å². The standard InChI is InChI=1S/C3H6O2/c1-3(5)2-4/h3H,2H2,1H3. The summed E-state index contributed by atoms with van der Waals surface area (Å²) in [6.45, 7) is 0.854. The van der Waals surface area contributed by atoms with Crippen LogP contribution in [0.4, 0.5) is 0 Å². The summed E-state index contributed by atoms with van der Waals surface area (Å²) >= 11 is 0. The maximum absolute atomic E-state index is 9.58. The Bertz CT molecular complexity index is 18.9. The third-order valence-corrected chi connectivity index (χ3v) is 0.235. The highest BCUT2D eigenvalue weighted by molar-refractivity contribution is 4.33. The molecule has 2 heteroatoms. The fourth-order valence-electron chi connectivity index (χ4n) is 0. The van der Waals surface area contributed by atoms with Crippen LogP contribution in [0.3, 0.4) is 0 Å². The van der Waals surface area contributed by atoms with Crippen molar-refractivity contribution < 1.29 is 10.2 Å². The number of hydrogen-bond donors (Lipinski definition) is 0. The van der Waals surface area contributed by atoms with E-state index in [2.05, 4.69) is 0 Å². The van der Waals surface area contributed by atoms with E-state index in [0.717, 1.165) is 0 Å². The van der Waals surface area contributed by atoms with E-state index >= 15 is 0 Å². The van der Waals surface area contributed by atoms with Crippen LogP contribution in [0.25, 0.3) is 0 Å². The Morgan fingerprint density at radius 1 is 1.80 bits per heavy atom. The normalized spacial score (nSPS) is 15.0.